The summed E-state index contributed by atoms with van der Waals surface area (Å²) in [5.74, 6) is -0.0507. The molecule has 0 atom stereocenters. The number of aliphatic hydroxyl groups excluding tert-OH is 1. The first-order valence-electron chi connectivity index (χ1n) is 9.85. The van der Waals surface area contributed by atoms with E-state index in [9.17, 15) is 19.4 Å². The van der Waals surface area contributed by atoms with Crippen LogP contribution in [0.4, 0.5) is 4.39 Å². The van der Waals surface area contributed by atoms with Crippen molar-refractivity contribution < 1.29 is 14.6 Å². The van der Waals surface area contributed by atoms with Crippen molar-refractivity contribution in [2.45, 2.75) is 26.4 Å². The first-order chi connectivity index (χ1) is 14.9. The van der Waals surface area contributed by atoms with Gasteiger partial charge in [0.1, 0.15) is 22.7 Å². The molecule has 4 aromatic rings. The van der Waals surface area contributed by atoms with Gasteiger partial charge in [0.2, 0.25) is 0 Å². The van der Waals surface area contributed by atoms with E-state index < -0.39 is 5.56 Å². The van der Waals surface area contributed by atoms with Gasteiger partial charge in [0.15, 0.2) is 5.88 Å². The summed E-state index contributed by atoms with van der Waals surface area (Å²) in [6.07, 6.45) is 0.321. The lowest BCUT2D eigenvalue weighted by molar-refractivity contribution is 0.274. The van der Waals surface area contributed by atoms with Gasteiger partial charge in [-0.3, -0.25) is 9.36 Å². The molecule has 0 radical (unpaired) electrons. The van der Waals surface area contributed by atoms with E-state index in [-0.39, 0.29) is 31.4 Å². The van der Waals surface area contributed by atoms with E-state index in [1.165, 1.54) is 16.7 Å². The monoisotopic (exact) mass is 441 g/mol. The summed E-state index contributed by atoms with van der Waals surface area (Å²) in [4.78, 5) is 18.1. The van der Waals surface area contributed by atoms with E-state index >= 15 is 0 Å². The van der Waals surface area contributed by atoms with E-state index in [1.54, 1.807) is 35.8 Å². The number of hydrogen-bond acceptors (Lipinski definition) is 4. The SMILES string of the molecule is Cc1c(O)n(CCCO)c(=O)c2c1nc(-c1ccccc1Cl)n2Cc1ccc(F)cc1. The molecule has 0 aliphatic carbocycles. The molecular weight excluding hydrogens is 421 g/mol. The third-order valence-corrected chi connectivity index (χ3v) is 5.60. The number of nitrogens with zero attached hydrogens (tertiary/aromatic N) is 3. The average Bonchev–Trinajstić information content (AvgIpc) is 3.13. The molecule has 0 spiro atoms. The predicted molar refractivity (Wildman–Crippen MR) is 118 cm³/mol. The standard InChI is InChI=1S/C23H21ClFN3O3/c1-14-19-20(23(31)27(22(14)30)11-4-12-29)28(13-15-7-9-16(25)10-8-15)21(26-19)17-5-2-3-6-18(17)24/h2-3,5-10,29-30H,4,11-13H2,1H3. The zero-order chi connectivity index (χ0) is 22.1. The summed E-state index contributed by atoms with van der Waals surface area (Å²) in [6.45, 7) is 2.01. The molecule has 2 heterocycles. The second-order valence-corrected chi connectivity index (χ2v) is 7.71. The zero-order valence-electron chi connectivity index (χ0n) is 16.8. The molecule has 2 N–H and O–H groups in total. The lowest BCUT2D eigenvalue weighted by Crippen LogP contribution is -2.24. The molecule has 160 valence electrons. The van der Waals surface area contributed by atoms with Crippen LogP contribution in [0.1, 0.15) is 17.5 Å². The number of aromatic hydroxyl groups is 1. The van der Waals surface area contributed by atoms with Gasteiger partial charge in [-0.25, -0.2) is 9.37 Å². The van der Waals surface area contributed by atoms with Crippen LogP contribution in [0.25, 0.3) is 22.4 Å². The quantitative estimate of drug-likeness (QED) is 0.472. The Morgan fingerprint density at radius 3 is 2.48 bits per heavy atom. The van der Waals surface area contributed by atoms with Crippen LogP contribution in [0.15, 0.2) is 53.3 Å². The first-order valence-corrected chi connectivity index (χ1v) is 10.2. The topological polar surface area (TPSA) is 80.3 Å². The minimum absolute atomic E-state index is 0.108. The highest BCUT2D eigenvalue weighted by Crippen LogP contribution is 2.32. The molecule has 0 unspecified atom stereocenters. The lowest BCUT2D eigenvalue weighted by Gasteiger charge is -2.13. The number of pyridine rings is 1. The van der Waals surface area contributed by atoms with Crippen molar-refractivity contribution in [1.29, 1.82) is 0 Å². The normalized spacial score (nSPS) is 11.4. The summed E-state index contributed by atoms with van der Waals surface area (Å²) < 4.78 is 16.4. The van der Waals surface area contributed by atoms with E-state index in [2.05, 4.69) is 4.98 Å². The Labute approximate surface area is 182 Å². The van der Waals surface area contributed by atoms with Crippen molar-refractivity contribution in [2.24, 2.45) is 0 Å². The molecule has 0 bridgehead atoms. The number of aryl methyl sites for hydroxylation is 1. The lowest BCUT2D eigenvalue weighted by atomic mass is 10.2. The third kappa shape index (κ3) is 3.82. The molecule has 2 aromatic carbocycles. The molecule has 0 amide bonds. The van der Waals surface area contributed by atoms with E-state index in [0.717, 1.165) is 5.56 Å². The molecule has 0 saturated carbocycles. The average molecular weight is 442 g/mol. The van der Waals surface area contributed by atoms with Crippen LogP contribution < -0.4 is 5.56 Å². The van der Waals surface area contributed by atoms with Crippen LogP contribution in [-0.4, -0.2) is 30.9 Å². The van der Waals surface area contributed by atoms with E-state index in [1.807, 2.05) is 12.1 Å². The van der Waals surface area contributed by atoms with Gasteiger partial charge < -0.3 is 14.8 Å². The second-order valence-electron chi connectivity index (χ2n) is 7.31. The maximum Gasteiger partial charge on any atom is 0.279 e. The van der Waals surface area contributed by atoms with Crippen molar-refractivity contribution in [2.75, 3.05) is 6.61 Å². The van der Waals surface area contributed by atoms with Gasteiger partial charge in [0.25, 0.3) is 5.56 Å². The van der Waals surface area contributed by atoms with Crippen molar-refractivity contribution in [3.63, 3.8) is 0 Å². The Kier molecular flexibility index (Phi) is 5.80. The van der Waals surface area contributed by atoms with E-state index in [4.69, 9.17) is 11.6 Å². The van der Waals surface area contributed by atoms with Crippen molar-refractivity contribution in [3.05, 3.63) is 80.9 Å². The number of benzene rings is 2. The molecule has 8 heteroatoms. The van der Waals surface area contributed by atoms with Gasteiger partial charge in [-0.05, 0) is 43.2 Å². The number of halogens is 2. The molecular formula is C23H21ClFN3O3. The maximum absolute atomic E-state index is 13.4. The highest BCUT2D eigenvalue weighted by atomic mass is 35.5. The number of aliphatic hydroxyl groups is 1. The van der Waals surface area contributed by atoms with Gasteiger partial charge in [0.05, 0.1) is 5.02 Å². The minimum atomic E-state index is -0.417. The summed E-state index contributed by atoms with van der Waals surface area (Å²) in [5, 5.41) is 20.3. The fourth-order valence-corrected chi connectivity index (χ4v) is 3.89. The van der Waals surface area contributed by atoms with Crippen LogP contribution in [0.3, 0.4) is 0 Å². The minimum Gasteiger partial charge on any atom is -0.494 e. The largest absolute Gasteiger partial charge is 0.494 e. The maximum atomic E-state index is 13.4. The summed E-state index contributed by atoms with van der Waals surface area (Å²) >= 11 is 6.43. The number of aromatic nitrogens is 3. The molecule has 0 aliphatic heterocycles. The first kappa shape index (κ1) is 21.1. The fraction of sp³-hybridized carbons (Fsp3) is 0.217. The molecule has 0 saturated heterocycles. The van der Waals surface area contributed by atoms with Crippen molar-refractivity contribution in [1.82, 2.24) is 14.1 Å². The number of rotatable bonds is 6. The number of fused-ring (bicyclic) bond motifs is 1. The fourth-order valence-electron chi connectivity index (χ4n) is 3.67. The van der Waals surface area contributed by atoms with Gasteiger partial charge in [-0.2, -0.15) is 0 Å². The predicted octanol–water partition coefficient (Wildman–Crippen LogP) is 4.10. The van der Waals surface area contributed by atoms with Gasteiger partial charge in [-0.1, -0.05) is 35.9 Å². The molecule has 2 aromatic heterocycles. The Hall–Kier alpha value is -3.16. The van der Waals surface area contributed by atoms with Crippen LogP contribution in [0.5, 0.6) is 5.88 Å². The number of imidazole rings is 1. The number of hydrogen-bond donors (Lipinski definition) is 2. The van der Waals surface area contributed by atoms with E-state index in [0.29, 0.717) is 39.4 Å². The Morgan fingerprint density at radius 1 is 1.10 bits per heavy atom. The van der Waals surface area contributed by atoms with Gasteiger partial charge in [0, 0.05) is 30.8 Å². The van der Waals surface area contributed by atoms with Gasteiger partial charge in [-0.15, -0.1) is 0 Å². The van der Waals surface area contributed by atoms with Crippen LogP contribution in [0, 0.1) is 12.7 Å². The Morgan fingerprint density at radius 2 is 1.81 bits per heavy atom. The van der Waals surface area contributed by atoms with Crippen LogP contribution in [0.2, 0.25) is 5.02 Å². The molecule has 0 fully saturated rings. The van der Waals surface area contributed by atoms with Gasteiger partial charge >= 0.3 is 0 Å². The van der Waals surface area contributed by atoms with Crippen LogP contribution >= 0.6 is 11.6 Å². The Bertz CT molecular complexity index is 1310. The van der Waals surface area contributed by atoms with Crippen molar-refractivity contribution >= 4 is 22.6 Å². The smallest absolute Gasteiger partial charge is 0.279 e. The van der Waals surface area contributed by atoms with Crippen molar-refractivity contribution in [3.8, 4) is 17.3 Å². The van der Waals surface area contributed by atoms with Crippen LogP contribution in [-0.2, 0) is 13.1 Å². The summed E-state index contributed by atoms with van der Waals surface area (Å²) in [5.41, 5.74) is 2.15. The summed E-state index contributed by atoms with van der Waals surface area (Å²) in [6, 6.07) is 13.2. The molecule has 31 heavy (non-hydrogen) atoms. The highest BCUT2D eigenvalue weighted by molar-refractivity contribution is 6.33. The second kappa shape index (κ2) is 8.53. The molecule has 4 rings (SSSR count). The molecule has 0 aliphatic rings. The third-order valence-electron chi connectivity index (χ3n) is 5.27. The molecule has 6 nitrogen and oxygen atoms in total. The highest BCUT2D eigenvalue weighted by Gasteiger charge is 2.23. The Balaban J connectivity index is 2.03. The zero-order valence-corrected chi connectivity index (χ0v) is 17.6. The summed E-state index contributed by atoms with van der Waals surface area (Å²) in [7, 11) is 0.